The van der Waals surface area contributed by atoms with E-state index in [-0.39, 0.29) is 0 Å². The van der Waals surface area contributed by atoms with Crippen molar-refractivity contribution in [2.24, 2.45) is 0 Å². The van der Waals surface area contributed by atoms with Crippen molar-refractivity contribution in [2.75, 3.05) is 11.1 Å². The predicted molar refractivity (Wildman–Crippen MR) is 80.6 cm³/mol. The number of rotatable bonds is 4. The molecule has 0 saturated heterocycles. The summed E-state index contributed by atoms with van der Waals surface area (Å²) in [6.45, 7) is 2.77. The summed E-state index contributed by atoms with van der Waals surface area (Å²) in [7, 11) is 0. The Hall–Kier alpha value is -1.73. The van der Waals surface area contributed by atoms with Gasteiger partial charge >= 0.3 is 0 Å². The SMILES string of the molecule is CCc1cc2c(NCc3cscn3)nc(N)nc2s1. The minimum absolute atomic E-state index is 0.304. The first-order valence-electron chi connectivity index (χ1n) is 5.93. The third-order valence-electron chi connectivity index (χ3n) is 2.73. The van der Waals surface area contributed by atoms with Gasteiger partial charge in [0, 0.05) is 10.3 Å². The number of aromatic nitrogens is 3. The van der Waals surface area contributed by atoms with Gasteiger partial charge in [-0.1, -0.05) is 6.92 Å². The number of thiazole rings is 1. The fourth-order valence-corrected chi connectivity index (χ4v) is 3.33. The maximum atomic E-state index is 5.76. The van der Waals surface area contributed by atoms with E-state index in [4.69, 9.17) is 5.73 Å². The summed E-state index contributed by atoms with van der Waals surface area (Å²) in [6, 6.07) is 2.13. The quantitative estimate of drug-likeness (QED) is 0.773. The highest BCUT2D eigenvalue weighted by Crippen LogP contribution is 2.30. The van der Waals surface area contributed by atoms with Crippen LogP contribution < -0.4 is 11.1 Å². The third-order valence-corrected chi connectivity index (χ3v) is 4.54. The number of nitrogen functional groups attached to an aromatic ring is 1. The number of fused-ring (bicyclic) bond motifs is 1. The highest BCUT2D eigenvalue weighted by molar-refractivity contribution is 7.18. The zero-order valence-corrected chi connectivity index (χ0v) is 12.0. The second-order valence-electron chi connectivity index (χ2n) is 4.05. The lowest BCUT2D eigenvalue weighted by molar-refractivity contribution is 1.05. The van der Waals surface area contributed by atoms with Crippen LogP contribution in [0.5, 0.6) is 0 Å². The van der Waals surface area contributed by atoms with Crippen LogP contribution in [-0.4, -0.2) is 15.0 Å². The van der Waals surface area contributed by atoms with Crippen LogP contribution in [0.15, 0.2) is 17.0 Å². The van der Waals surface area contributed by atoms with Gasteiger partial charge in [-0.15, -0.1) is 22.7 Å². The van der Waals surface area contributed by atoms with Crippen molar-refractivity contribution in [1.82, 2.24) is 15.0 Å². The normalized spacial score (nSPS) is 11.0. The average molecular weight is 291 g/mol. The molecule has 3 N–H and O–H groups in total. The van der Waals surface area contributed by atoms with Gasteiger partial charge in [0.15, 0.2) is 0 Å². The van der Waals surface area contributed by atoms with Crippen molar-refractivity contribution in [2.45, 2.75) is 19.9 Å². The molecule has 0 atom stereocenters. The van der Waals surface area contributed by atoms with E-state index in [1.165, 1.54) is 4.88 Å². The Labute approximate surface area is 118 Å². The largest absolute Gasteiger partial charge is 0.368 e. The Kier molecular flexibility index (Phi) is 3.31. The standard InChI is InChI=1S/C12H13N5S2/c1-2-8-3-9-10(14-4-7-5-18-6-15-7)16-12(13)17-11(9)19-8/h3,5-6H,2,4H2,1H3,(H3,13,14,16,17). The molecule has 0 aliphatic carbocycles. The molecule has 3 aromatic heterocycles. The third kappa shape index (κ3) is 2.52. The summed E-state index contributed by atoms with van der Waals surface area (Å²) < 4.78 is 0. The van der Waals surface area contributed by atoms with Gasteiger partial charge in [0.2, 0.25) is 5.95 Å². The molecule has 0 aliphatic rings. The van der Waals surface area contributed by atoms with E-state index in [2.05, 4.69) is 33.3 Å². The van der Waals surface area contributed by atoms with Gasteiger partial charge in [-0.2, -0.15) is 4.98 Å². The molecule has 19 heavy (non-hydrogen) atoms. The molecule has 0 saturated carbocycles. The van der Waals surface area contributed by atoms with Crippen molar-refractivity contribution >= 4 is 44.7 Å². The fourth-order valence-electron chi connectivity index (χ4n) is 1.80. The fraction of sp³-hybridized carbons (Fsp3) is 0.250. The van der Waals surface area contributed by atoms with Gasteiger partial charge in [-0.3, -0.25) is 0 Å². The van der Waals surface area contributed by atoms with Crippen LogP contribution in [0.25, 0.3) is 10.2 Å². The second-order valence-corrected chi connectivity index (χ2v) is 5.88. The summed E-state index contributed by atoms with van der Waals surface area (Å²) >= 11 is 3.25. The number of aryl methyl sites for hydroxylation is 1. The van der Waals surface area contributed by atoms with Crippen LogP contribution in [-0.2, 0) is 13.0 Å². The molecule has 0 unspecified atom stereocenters. The summed E-state index contributed by atoms with van der Waals surface area (Å²) in [4.78, 5) is 15.0. The highest BCUT2D eigenvalue weighted by atomic mass is 32.1. The summed E-state index contributed by atoms with van der Waals surface area (Å²) in [5, 5.41) is 6.34. The molecule has 3 rings (SSSR count). The lowest BCUT2D eigenvalue weighted by atomic mass is 10.3. The van der Waals surface area contributed by atoms with Crippen LogP contribution in [0.2, 0.25) is 0 Å². The van der Waals surface area contributed by atoms with Crippen molar-refractivity contribution in [3.05, 3.63) is 27.5 Å². The monoisotopic (exact) mass is 291 g/mol. The minimum Gasteiger partial charge on any atom is -0.368 e. The molecular formula is C12H13N5S2. The number of nitrogens with two attached hydrogens (primary N) is 1. The lowest BCUT2D eigenvalue weighted by Gasteiger charge is -2.05. The Bertz CT molecular complexity index is 690. The van der Waals surface area contributed by atoms with E-state index in [1.54, 1.807) is 22.7 Å². The summed E-state index contributed by atoms with van der Waals surface area (Å²) in [5.41, 5.74) is 8.58. The van der Waals surface area contributed by atoms with Gasteiger partial charge < -0.3 is 11.1 Å². The van der Waals surface area contributed by atoms with Crippen LogP contribution in [0.3, 0.4) is 0 Å². The van der Waals surface area contributed by atoms with E-state index in [0.717, 1.165) is 28.1 Å². The number of nitrogens with zero attached hydrogens (tertiary/aromatic N) is 3. The average Bonchev–Trinajstić information content (AvgIpc) is 3.04. The first-order valence-corrected chi connectivity index (χ1v) is 7.69. The molecule has 98 valence electrons. The molecule has 3 aromatic rings. The van der Waals surface area contributed by atoms with E-state index >= 15 is 0 Å². The Morgan fingerprint density at radius 2 is 2.26 bits per heavy atom. The first kappa shape index (κ1) is 12.3. The van der Waals surface area contributed by atoms with Crippen LogP contribution in [0.1, 0.15) is 17.5 Å². The molecule has 0 aromatic carbocycles. The predicted octanol–water partition coefficient (Wildman–Crippen LogP) is 2.90. The van der Waals surface area contributed by atoms with Crippen molar-refractivity contribution in [1.29, 1.82) is 0 Å². The number of thiophene rings is 1. The van der Waals surface area contributed by atoms with Gasteiger partial charge in [0.05, 0.1) is 23.1 Å². The number of anilines is 2. The van der Waals surface area contributed by atoms with E-state index in [1.807, 2.05) is 10.9 Å². The van der Waals surface area contributed by atoms with Gasteiger partial charge in [-0.25, -0.2) is 9.97 Å². The highest BCUT2D eigenvalue weighted by Gasteiger charge is 2.10. The molecule has 0 radical (unpaired) electrons. The molecule has 0 aliphatic heterocycles. The first-order chi connectivity index (χ1) is 9.26. The maximum Gasteiger partial charge on any atom is 0.223 e. The van der Waals surface area contributed by atoms with Gasteiger partial charge in [-0.05, 0) is 12.5 Å². The molecule has 0 fully saturated rings. The summed E-state index contributed by atoms with van der Waals surface area (Å²) in [5.74, 6) is 1.09. The van der Waals surface area contributed by atoms with Crippen LogP contribution >= 0.6 is 22.7 Å². The van der Waals surface area contributed by atoms with Crippen molar-refractivity contribution in [3.63, 3.8) is 0 Å². The van der Waals surface area contributed by atoms with Crippen molar-refractivity contribution in [3.8, 4) is 0 Å². The lowest BCUT2D eigenvalue weighted by Crippen LogP contribution is -2.04. The smallest absolute Gasteiger partial charge is 0.223 e. The van der Waals surface area contributed by atoms with Crippen molar-refractivity contribution < 1.29 is 0 Å². The zero-order chi connectivity index (χ0) is 13.2. The molecule has 7 heteroatoms. The Morgan fingerprint density at radius 3 is 3.00 bits per heavy atom. The summed E-state index contributed by atoms with van der Waals surface area (Å²) in [6.07, 6.45) is 0.993. The number of hydrogen-bond acceptors (Lipinski definition) is 7. The number of hydrogen-bond donors (Lipinski definition) is 2. The molecule has 0 bridgehead atoms. The molecule has 5 nitrogen and oxygen atoms in total. The molecule has 0 amide bonds. The van der Waals surface area contributed by atoms with E-state index in [0.29, 0.717) is 12.5 Å². The Morgan fingerprint density at radius 1 is 1.37 bits per heavy atom. The molecule has 0 spiro atoms. The van der Waals surface area contributed by atoms with E-state index < -0.39 is 0 Å². The topological polar surface area (TPSA) is 76.7 Å². The van der Waals surface area contributed by atoms with Gasteiger partial charge in [0.1, 0.15) is 10.6 Å². The maximum absolute atomic E-state index is 5.76. The Balaban J connectivity index is 1.94. The second kappa shape index (κ2) is 5.10. The van der Waals surface area contributed by atoms with Crippen LogP contribution in [0, 0.1) is 0 Å². The van der Waals surface area contributed by atoms with Gasteiger partial charge in [0.25, 0.3) is 0 Å². The molecule has 3 heterocycles. The zero-order valence-electron chi connectivity index (χ0n) is 10.4. The minimum atomic E-state index is 0.304. The van der Waals surface area contributed by atoms with E-state index in [9.17, 15) is 0 Å². The molecular weight excluding hydrogens is 278 g/mol. The number of nitrogens with one attached hydrogen (secondary N) is 1. The van der Waals surface area contributed by atoms with Crippen LogP contribution in [0.4, 0.5) is 11.8 Å².